The number of hydrogen-bond acceptors (Lipinski definition) is 2. The highest BCUT2D eigenvalue weighted by Crippen LogP contribution is 2.23. The molecule has 5 heteroatoms. The van der Waals surface area contributed by atoms with Crippen molar-refractivity contribution >= 4 is 33.5 Å². The summed E-state index contributed by atoms with van der Waals surface area (Å²) >= 11 is 3.19. The van der Waals surface area contributed by atoms with Crippen LogP contribution in [0.2, 0.25) is 0 Å². The summed E-state index contributed by atoms with van der Waals surface area (Å²) in [5, 5.41) is 11.4. The summed E-state index contributed by atoms with van der Waals surface area (Å²) < 4.78 is 0.532. The van der Waals surface area contributed by atoms with Crippen LogP contribution in [-0.2, 0) is 4.79 Å². The Hall–Kier alpha value is -1.62. The topological polar surface area (TPSA) is 66.4 Å². The number of halogens is 1. The lowest BCUT2D eigenvalue weighted by molar-refractivity contribution is -0.115. The minimum Gasteiger partial charge on any atom is -0.478 e. The molecule has 1 rings (SSSR count). The number of nitrogens with one attached hydrogen (secondary N) is 1. The van der Waals surface area contributed by atoms with Crippen LogP contribution < -0.4 is 5.32 Å². The molecule has 4 nitrogen and oxygen atoms in total. The van der Waals surface area contributed by atoms with Gasteiger partial charge in [0.1, 0.15) is 0 Å². The zero-order valence-corrected chi connectivity index (χ0v) is 9.95. The molecule has 0 heterocycles. The molecule has 0 saturated heterocycles. The predicted molar refractivity (Wildman–Crippen MR) is 64.5 cm³/mol. The molecule has 1 aromatic rings. The van der Waals surface area contributed by atoms with Crippen molar-refractivity contribution in [3.8, 4) is 0 Å². The Labute approximate surface area is 101 Å². The van der Waals surface area contributed by atoms with Crippen molar-refractivity contribution in [1.82, 2.24) is 0 Å². The van der Waals surface area contributed by atoms with Crippen molar-refractivity contribution in [3.05, 3.63) is 40.9 Å². The third-order valence-corrected chi connectivity index (χ3v) is 2.48. The SMILES string of the molecule is C=CCC(=O)Nc1ccc(C(=O)O)cc1Br. The monoisotopic (exact) mass is 283 g/mol. The van der Waals surface area contributed by atoms with Crippen molar-refractivity contribution in [2.24, 2.45) is 0 Å². The summed E-state index contributed by atoms with van der Waals surface area (Å²) in [4.78, 5) is 21.9. The van der Waals surface area contributed by atoms with Crippen LogP contribution >= 0.6 is 15.9 Å². The first-order chi connectivity index (χ1) is 7.54. The van der Waals surface area contributed by atoms with Crippen molar-refractivity contribution in [2.45, 2.75) is 6.42 Å². The van der Waals surface area contributed by atoms with Crippen LogP contribution in [0.5, 0.6) is 0 Å². The van der Waals surface area contributed by atoms with Gasteiger partial charge in [-0.25, -0.2) is 4.79 Å². The summed E-state index contributed by atoms with van der Waals surface area (Å²) in [5.41, 5.74) is 0.699. The molecule has 0 spiro atoms. The van der Waals surface area contributed by atoms with Gasteiger partial charge < -0.3 is 10.4 Å². The molecular formula is C11H10BrNO3. The van der Waals surface area contributed by atoms with Crippen LogP contribution in [0.25, 0.3) is 0 Å². The molecule has 0 aliphatic heterocycles. The highest BCUT2D eigenvalue weighted by Gasteiger charge is 2.08. The van der Waals surface area contributed by atoms with E-state index in [0.717, 1.165) is 0 Å². The number of hydrogen-bond donors (Lipinski definition) is 2. The van der Waals surface area contributed by atoms with Gasteiger partial charge in [0.05, 0.1) is 11.3 Å². The highest BCUT2D eigenvalue weighted by atomic mass is 79.9. The first kappa shape index (κ1) is 12.4. The minimum absolute atomic E-state index is 0.161. The van der Waals surface area contributed by atoms with Crippen molar-refractivity contribution in [3.63, 3.8) is 0 Å². The Bertz CT molecular complexity index is 443. The summed E-state index contributed by atoms with van der Waals surface area (Å²) in [5.74, 6) is -1.21. The first-order valence-electron chi connectivity index (χ1n) is 4.48. The first-order valence-corrected chi connectivity index (χ1v) is 5.27. The van der Waals surface area contributed by atoms with Crippen LogP contribution in [0.4, 0.5) is 5.69 Å². The molecule has 0 aromatic heterocycles. The van der Waals surface area contributed by atoms with Gasteiger partial charge in [-0.2, -0.15) is 0 Å². The number of carbonyl (C=O) groups is 2. The van der Waals surface area contributed by atoms with Gasteiger partial charge in [-0.05, 0) is 34.1 Å². The van der Waals surface area contributed by atoms with E-state index in [-0.39, 0.29) is 17.9 Å². The summed E-state index contributed by atoms with van der Waals surface area (Å²) in [6, 6.07) is 4.40. The Morgan fingerprint density at radius 2 is 2.19 bits per heavy atom. The number of anilines is 1. The smallest absolute Gasteiger partial charge is 0.335 e. The molecule has 0 bridgehead atoms. The van der Waals surface area contributed by atoms with E-state index in [1.54, 1.807) is 0 Å². The molecule has 0 unspecified atom stereocenters. The third-order valence-electron chi connectivity index (χ3n) is 1.82. The maximum absolute atomic E-state index is 11.3. The fourth-order valence-corrected chi connectivity index (χ4v) is 1.56. The number of benzene rings is 1. The zero-order valence-electron chi connectivity index (χ0n) is 8.37. The molecule has 1 aromatic carbocycles. The maximum atomic E-state index is 11.3. The predicted octanol–water partition coefficient (Wildman–Crippen LogP) is 2.66. The minimum atomic E-state index is -1.01. The van der Waals surface area contributed by atoms with Gasteiger partial charge in [-0.15, -0.1) is 6.58 Å². The number of carboxylic acids is 1. The van der Waals surface area contributed by atoms with Crippen LogP contribution in [0.3, 0.4) is 0 Å². The molecule has 0 atom stereocenters. The number of rotatable bonds is 4. The van der Waals surface area contributed by atoms with E-state index in [9.17, 15) is 9.59 Å². The van der Waals surface area contributed by atoms with E-state index in [0.29, 0.717) is 10.2 Å². The van der Waals surface area contributed by atoms with Gasteiger partial charge in [0.15, 0.2) is 0 Å². The number of aromatic carboxylic acids is 1. The van der Waals surface area contributed by atoms with E-state index in [2.05, 4.69) is 27.8 Å². The van der Waals surface area contributed by atoms with Gasteiger partial charge in [-0.1, -0.05) is 6.08 Å². The quantitative estimate of drug-likeness (QED) is 0.835. The van der Waals surface area contributed by atoms with Crippen LogP contribution in [0.15, 0.2) is 35.3 Å². The largest absolute Gasteiger partial charge is 0.478 e. The molecule has 0 fully saturated rings. The summed E-state index contributed by atoms with van der Waals surface area (Å²) in [6.45, 7) is 3.45. The van der Waals surface area contributed by atoms with E-state index >= 15 is 0 Å². The van der Waals surface area contributed by atoms with Crippen LogP contribution in [0.1, 0.15) is 16.8 Å². The second kappa shape index (κ2) is 5.46. The van der Waals surface area contributed by atoms with Crippen molar-refractivity contribution in [1.29, 1.82) is 0 Å². The van der Waals surface area contributed by atoms with E-state index in [4.69, 9.17) is 5.11 Å². The fourth-order valence-electron chi connectivity index (χ4n) is 1.08. The summed E-state index contributed by atoms with van der Waals surface area (Å²) in [7, 11) is 0. The van der Waals surface area contributed by atoms with Gasteiger partial charge in [0.25, 0.3) is 0 Å². The van der Waals surface area contributed by atoms with Gasteiger partial charge in [-0.3, -0.25) is 4.79 Å². The molecule has 84 valence electrons. The zero-order chi connectivity index (χ0) is 12.1. The molecular weight excluding hydrogens is 274 g/mol. The lowest BCUT2D eigenvalue weighted by Gasteiger charge is -2.06. The lowest BCUT2D eigenvalue weighted by atomic mass is 10.2. The molecule has 0 aliphatic rings. The molecule has 1 amide bonds. The maximum Gasteiger partial charge on any atom is 0.335 e. The summed E-state index contributed by atoms with van der Waals surface area (Å²) in [6.07, 6.45) is 1.71. The number of carboxylic acid groups (broad SMARTS) is 1. The Morgan fingerprint density at radius 1 is 1.50 bits per heavy atom. The van der Waals surface area contributed by atoms with Gasteiger partial charge in [0.2, 0.25) is 5.91 Å². The van der Waals surface area contributed by atoms with Gasteiger partial charge >= 0.3 is 5.97 Å². The number of amides is 1. The second-order valence-corrected chi connectivity index (χ2v) is 3.90. The number of carbonyl (C=O) groups excluding carboxylic acids is 1. The average molecular weight is 284 g/mol. The van der Waals surface area contributed by atoms with E-state index < -0.39 is 5.97 Å². The lowest BCUT2D eigenvalue weighted by Crippen LogP contribution is -2.10. The Balaban J connectivity index is 2.87. The Morgan fingerprint density at radius 3 is 2.69 bits per heavy atom. The van der Waals surface area contributed by atoms with Gasteiger partial charge in [0, 0.05) is 10.9 Å². The van der Waals surface area contributed by atoms with E-state index in [1.807, 2.05) is 0 Å². The fraction of sp³-hybridized carbons (Fsp3) is 0.0909. The molecule has 0 radical (unpaired) electrons. The average Bonchev–Trinajstić information content (AvgIpc) is 2.21. The highest BCUT2D eigenvalue weighted by molar-refractivity contribution is 9.10. The van der Waals surface area contributed by atoms with Crippen LogP contribution in [-0.4, -0.2) is 17.0 Å². The molecule has 16 heavy (non-hydrogen) atoms. The molecule has 0 saturated carbocycles. The van der Waals surface area contributed by atoms with Crippen molar-refractivity contribution in [2.75, 3.05) is 5.32 Å². The van der Waals surface area contributed by atoms with Crippen molar-refractivity contribution < 1.29 is 14.7 Å². The normalized spacial score (nSPS) is 9.56. The standard InChI is InChI=1S/C11H10BrNO3/c1-2-3-10(14)13-9-5-4-7(11(15)16)6-8(9)12/h2,4-6H,1,3H2,(H,13,14)(H,15,16). The Kier molecular flexibility index (Phi) is 4.25. The molecule has 0 aliphatic carbocycles. The molecule has 2 N–H and O–H groups in total. The second-order valence-electron chi connectivity index (χ2n) is 3.04. The van der Waals surface area contributed by atoms with E-state index in [1.165, 1.54) is 24.3 Å². The van der Waals surface area contributed by atoms with Crippen LogP contribution in [0, 0.1) is 0 Å². The third kappa shape index (κ3) is 3.20.